The lowest BCUT2D eigenvalue weighted by molar-refractivity contribution is 0.0963. The lowest BCUT2D eigenvalue weighted by atomic mass is 9.82. The molecule has 29 heavy (non-hydrogen) atoms. The number of hydrogen-bond donors (Lipinski definition) is 1. The van der Waals surface area contributed by atoms with Crippen LogP contribution in [-0.4, -0.2) is 39.8 Å². The van der Waals surface area contributed by atoms with Gasteiger partial charge in [-0.05, 0) is 30.2 Å². The highest BCUT2D eigenvalue weighted by Gasteiger charge is 2.32. The topological polar surface area (TPSA) is 82.0 Å². The Morgan fingerprint density at radius 3 is 2.76 bits per heavy atom. The molecule has 2 heterocycles. The van der Waals surface area contributed by atoms with Gasteiger partial charge in [-0.15, -0.1) is 0 Å². The van der Waals surface area contributed by atoms with Crippen LogP contribution in [-0.2, 0) is 6.42 Å². The molecule has 1 N–H and O–H groups in total. The minimum Gasteiger partial charge on any atom is -0.497 e. The molecule has 4 aromatic rings. The van der Waals surface area contributed by atoms with Crippen molar-refractivity contribution in [1.29, 1.82) is 0 Å². The molecule has 146 valence electrons. The summed E-state index contributed by atoms with van der Waals surface area (Å²) in [6.07, 6.45) is 2.73. The van der Waals surface area contributed by atoms with Crippen molar-refractivity contribution in [1.82, 2.24) is 19.7 Å². The first-order valence-corrected chi connectivity index (χ1v) is 9.45. The van der Waals surface area contributed by atoms with Gasteiger partial charge in [0.05, 0.1) is 42.7 Å². The van der Waals surface area contributed by atoms with Crippen molar-refractivity contribution in [3.05, 3.63) is 65.5 Å². The second kappa shape index (κ2) is 6.77. The minimum atomic E-state index is -0.00400. The number of carbonyl (C=O) groups excluding carboxylic acids is 1. The number of methoxy groups -OCH3 is 2. The van der Waals surface area contributed by atoms with Gasteiger partial charge < -0.3 is 14.5 Å². The maximum absolute atomic E-state index is 12.9. The van der Waals surface area contributed by atoms with Crippen LogP contribution >= 0.6 is 0 Å². The van der Waals surface area contributed by atoms with E-state index in [2.05, 4.69) is 15.1 Å². The second-order valence-electron chi connectivity index (χ2n) is 7.13. The predicted molar refractivity (Wildman–Crippen MR) is 108 cm³/mol. The molecule has 0 spiro atoms. The first-order valence-electron chi connectivity index (χ1n) is 9.45. The van der Waals surface area contributed by atoms with Gasteiger partial charge in [0.1, 0.15) is 11.5 Å². The van der Waals surface area contributed by atoms with Gasteiger partial charge in [0, 0.05) is 18.4 Å². The van der Waals surface area contributed by atoms with E-state index in [4.69, 9.17) is 9.47 Å². The fourth-order valence-electron chi connectivity index (χ4n) is 4.04. The minimum absolute atomic E-state index is 0.00400. The van der Waals surface area contributed by atoms with Crippen LogP contribution in [0, 0.1) is 0 Å². The first kappa shape index (κ1) is 17.5. The fraction of sp³-hybridized carbons (Fsp3) is 0.227. The van der Waals surface area contributed by atoms with Crippen molar-refractivity contribution in [3.63, 3.8) is 0 Å². The van der Waals surface area contributed by atoms with Crippen LogP contribution in [0.4, 0.5) is 0 Å². The number of nitrogens with one attached hydrogen (secondary N) is 1. The highest BCUT2D eigenvalue weighted by Crippen LogP contribution is 2.39. The molecule has 0 fully saturated rings. The van der Waals surface area contributed by atoms with Gasteiger partial charge in [-0.2, -0.15) is 5.10 Å². The molecule has 1 aliphatic carbocycles. The van der Waals surface area contributed by atoms with E-state index in [1.165, 1.54) is 0 Å². The van der Waals surface area contributed by atoms with Crippen LogP contribution in [0.25, 0.3) is 17.0 Å². The summed E-state index contributed by atoms with van der Waals surface area (Å²) in [6.45, 7) is 0. The molecule has 5 rings (SSSR count). The lowest BCUT2D eigenvalue weighted by Gasteiger charge is -2.24. The van der Waals surface area contributed by atoms with Crippen LogP contribution in [0.15, 0.2) is 48.7 Å². The van der Waals surface area contributed by atoms with E-state index in [0.717, 1.165) is 33.8 Å². The molecule has 0 amide bonds. The third-order valence-corrected chi connectivity index (χ3v) is 5.50. The van der Waals surface area contributed by atoms with E-state index in [-0.39, 0.29) is 11.7 Å². The summed E-state index contributed by atoms with van der Waals surface area (Å²) < 4.78 is 12.6. The SMILES string of the molecule is COc1ccc([C@H]2CC(=O)c3cnn(-c4nc5ccccc5[nH]4)c3C2)c(OC)c1. The largest absolute Gasteiger partial charge is 0.497 e. The third-order valence-electron chi connectivity index (χ3n) is 5.50. The number of fused-ring (bicyclic) bond motifs is 2. The van der Waals surface area contributed by atoms with E-state index in [0.29, 0.717) is 24.4 Å². The monoisotopic (exact) mass is 388 g/mol. The van der Waals surface area contributed by atoms with Crippen molar-refractivity contribution in [3.8, 4) is 17.4 Å². The summed E-state index contributed by atoms with van der Waals surface area (Å²) in [5, 5.41) is 4.46. The average molecular weight is 388 g/mol. The number of rotatable bonds is 4. The van der Waals surface area contributed by atoms with Crippen LogP contribution in [0.1, 0.15) is 34.0 Å². The number of Topliss-reactive ketones (excluding diaryl/α,β-unsaturated/α-hetero) is 1. The van der Waals surface area contributed by atoms with Gasteiger partial charge >= 0.3 is 0 Å². The van der Waals surface area contributed by atoms with Gasteiger partial charge in [-0.3, -0.25) is 4.79 Å². The first-order chi connectivity index (χ1) is 14.2. The molecule has 0 saturated heterocycles. The van der Waals surface area contributed by atoms with Crippen molar-refractivity contribution in [2.75, 3.05) is 14.2 Å². The molecule has 1 aliphatic rings. The number of nitrogens with zero attached hydrogens (tertiary/aromatic N) is 3. The van der Waals surface area contributed by atoms with E-state index in [1.807, 2.05) is 42.5 Å². The summed E-state index contributed by atoms with van der Waals surface area (Å²) in [4.78, 5) is 20.8. The third kappa shape index (κ3) is 2.86. The zero-order valence-electron chi connectivity index (χ0n) is 16.2. The Bertz CT molecular complexity index is 1190. The molecular formula is C22H20N4O3. The van der Waals surface area contributed by atoms with E-state index < -0.39 is 0 Å². The normalized spacial score (nSPS) is 16.1. The van der Waals surface area contributed by atoms with Gasteiger partial charge in [0.2, 0.25) is 5.95 Å². The number of benzene rings is 2. The van der Waals surface area contributed by atoms with Crippen LogP contribution in [0.2, 0.25) is 0 Å². The summed E-state index contributed by atoms with van der Waals surface area (Å²) in [6, 6.07) is 13.5. The van der Waals surface area contributed by atoms with Crippen molar-refractivity contribution in [2.45, 2.75) is 18.8 Å². The number of hydrogen-bond acceptors (Lipinski definition) is 5. The van der Waals surface area contributed by atoms with E-state index in [1.54, 1.807) is 25.1 Å². The molecule has 7 heteroatoms. The maximum Gasteiger partial charge on any atom is 0.229 e. The molecule has 0 saturated carbocycles. The standard InChI is InChI=1S/C22H20N4O3/c1-28-14-7-8-15(21(11-14)29-2)13-9-19-16(20(27)10-13)12-23-26(19)22-24-17-5-3-4-6-18(17)25-22/h3-8,11-13H,9-10H2,1-2H3,(H,24,25)/t13-/m1/s1. The van der Waals surface area contributed by atoms with Gasteiger partial charge in [-0.1, -0.05) is 18.2 Å². The maximum atomic E-state index is 12.9. The van der Waals surface area contributed by atoms with Crippen LogP contribution in [0.3, 0.4) is 0 Å². The molecule has 1 atom stereocenters. The zero-order valence-corrected chi connectivity index (χ0v) is 16.2. The number of aromatic amines is 1. The summed E-state index contributed by atoms with van der Waals surface area (Å²) in [7, 11) is 3.25. The fourth-order valence-corrected chi connectivity index (χ4v) is 4.04. The molecular weight excluding hydrogens is 368 g/mol. The number of aromatic nitrogens is 4. The Morgan fingerprint density at radius 1 is 1.10 bits per heavy atom. The Hall–Kier alpha value is -3.61. The van der Waals surface area contributed by atoms with Crippen molar-refractivity contribution in [2.24, 2.45) is 0 Å². The quantitative estimate of drug-likeness (QED) is 0.577. The number of H-pyrrole nitrogens is 1. The molecule has 0 bridgehead atoms. The van der Waals surface area contributed by atoms with Crippen LogP contribution < -0.4 is 9.47 Å². The number of para-hydroxylation sites is 2. The Labute approximate surface area is 167 Å². The Balaban J connectivity index is 1.56. The van der Waals surface area contributed by atoms with Gasteiger partial charge in [0.15, 0.2) is 5.78 Å². The molecule has 2 aromatic heterocycles. The van der Waals surface area contributed by atoms with Crippen molar-refractivity contribution >= 4 is 16.8 Å². The molecule has 0 unspecified atom stereocenters. The lowest BCUT2D eigenvalue weighted by Crippen LogP contribution is -2.21. The highest BCUT2D eigenvalue weighted by molar-refractivity contribution is 5.98. The smallest absolute Gasteiger partial charge is 0.229 e. The number of carbonyl (C=O) groups is 1. The summed E-state index contributed by atoms with van der Waals surface area (Å²) >= 11 is 0. The van der Waals surface area contributed by atoms with E-state index >= 15 is 0 Å². The van der Waals surface area contributed by atoms with Gasteiger partial charge in [0.25, 0.3) is 0 Å². The average Bonchev–Trinajstić information content (AvgIpc) is 3.37. The molecule has 0 aliphatic heterocycles. The predicted octanol–water partition coefficient (Wildman–Crippen LogP) is 3.68. The molecule has 0 radical (unpaired) electrons. The number of ether oxygens (including phenoxy) is 2. The molecule has 2 aromatic carbocycles. The molecule has 7 nitrogen and oxygen atoms in total. The van der Waals surface area contributed by atoms with Gasteiger partial charge in [-0.25, -0.2) is 9.67 Å². The van der Waals surface area contributed by atoms with E-state index in [9.17, 15) is 4.79 Å². The summed E-state index contributed by atoms with van der Waals surface area (Å²) in [5.41, 5.74) is 4.31. The van der Waals surface area contributed by atoms with Crippen molar-refractivity contribution < 1.29 is 14.3 Å². The summed E-state index contributed by atoms with van der Waals surface area (Å²) in [5.74, 6) is 2.14. The Kier molecular flexibility index (Phi) is 4.08. The van der Waals surface area contributed by atoms with Crippen LogP contribution in [0.5, 0.6) is 11.5 Å². The second-order valence-corrected chi connectivity index (χ2v) is 7.13. The number of imidazole rings is 1. The number of ketones is 1. The highest BCUT2D eigenvalue weighted by atomic mass is 16.5. The zero-order chi connectivity index (χ0) is 20.0. The Morgan fingerprint density at radius 2 is 1.97 bits per heavy atom.